The molecule has 3 heterocycles. The zero-order valence-corrected chi connectivity index (χ0v) is 19.0. The van der Waals surface area contributed by atoms with Crippen molar-refractivity contribution < 1.29 is 14.3 Å². The van der Waals surface area contributed by atoms with E-state index < -0.39 is 5.82 Å². The van der Waals surface area contributed by atoms with Crippen molar-refractivity contribution >= 4 is 44.9 Å². The van der Waals surface area contributed by atoms with Crippen LogP contribution in [0.2, 0.25) is 0 Å². The molecule has 174 valence electrons. The molecule has 5 aromatic rings. The molecule has 0 atom stereocenters. The number of imidazole rings is 1. The number of carbonyl (C=O) groups excluding carboxylic acids is 1. The van der Waals surface area contributed by atoms with E-state index in [1.807, 2.05) is 54.1 Å². The third-order valence-corrected chi connectivity index (χ3v) is 6.45. The normalized spacial score (nSPS) is 14.5. The third-order valence-electron chi connectivity index (χ3n) is 6.45. The molecule has 1 aliphatic heterocycles. The van der Waals surface area contributed by atoms with Gasteiger partial charge in [0.2, 0.25) is 5.91 Å². The largest absolute Gasteiger partial charge is 0.494 e. The van der Waals surface area contributed by atoms with Crippen LogP contribution in [0.3, 0.4) is 0 Å². The van der Waals surface area contributed by atoms with E-state index in [1.54, 1.807) is 17.3 Å². The highest BCUT2D eigenvalue weighted by atomic mass is 19.1. The molecule has 0 unspecified atom stereocenters. The zero-order chi connectivity index (χ0) is 24.1. The predicted octanol–water partition coefficient (Wildman–Crippen LogP) is 5.20. The quantitative estimate of drug-likeness (QED) is 0.357. The maximum absolute atomic E-state index is 13.8. The van der Waals surface area contributed by atoms with Crippen LogP contribution in [0.4, 0.5) is 15.8 Å². The van der Waals surface area contributed by atoms with Crippen molar-refractivity contribution in [2.75, 3.05) is 11.4 Å². The number of carbonyl (C=O) groups is 1. The first kappa shape index (κ1) is 21.1. The number of aromatic nitrogens is 3. The standard InChI is InChI=1S/C27H22FN5O2/c1-32-15-29-22-13-16(4-11-23(22)32)26(25-20-10-5-17(28)14-21(20)31-27(25)35)30-18-6-8-19(9-7-18)33-12-2-3-24(33)34/h4-11,13-15,31,35H,2-3,12H2,1H3. The molecule has 1 amide bonds. The lowest BCUT2D eigenvalue weighted by atomic mass is 10.00. The summed E-state index contributed by atoms with van der Waals surface area (Å²) < 4.78 is 15.8. The van der Waals surface area contributed by atoms with Gasteiger partial charge in [-0.15, -0.1) is 0 Å². The van der Waals surface area contributed by atoms with E-state index in [1.165, 1.54) is 12.1 Å². The van der Waals surface area contributed by atoms with Crippen molar-refractivity contribution in [1.29, 1.82) is 0 Å². The predicted molar refractivity (Wildman–Crippen MR) is 134 cm³/mol. The third kappa shape index (κ3) is 3.63. The van der Waals surface area contributed by atoms with E-state index in [-0.39, 0.29) is 11.8 Å². The maximum Gasteiger partial charge on any atom is 0.227 e. The first-order valence-corrected chi connectivity index (χ1v) is 11.4. The lowest BCUT2D eigenvalue weighted by molar-refractivity contribution is -0.117. The lowest BCUT2D eigenvalue weighted by Crippen LogP contribution is -2.23. The van der Waals surface area contributed by atoms with Crippen LogP contribution in [0.25, 0.3) is 21.9 Å². The second-order valence-electron chi connectivity index (χ2n) is 8.72. The number of aromatic amines is 1. The second-order valence-corrected chi connectivity index (χ2v) is 8.72. The van der Waals surface area contributed by atoms with Gasteiger partial charge in [0.05, 0.1) is 39.8 Å². The van der Waals surface area contributed by atoms with Gasteiger partial charge in [-0.05, 0) is 61.0 Å². The minimum atomic E-state index is -0.397. The second kappa shape index (κ2) is 8.09. The van der Waals surface area contributed by atoms with Gasteiger partial charge >= 0.3 is 0 Å². The first-order valence-electron chi connectivity index (χ1n) is 11.4. The first-order chi connectivity index (χ1) is 17.0. The smallest absolute Gasteiger partial charge is 0.227 e. The Morgan fingerprint density at radius 3 is 2.71 bits per heavy atom. The number of nitrogens with zero attached hydrogens (tertiary/aromatic N) is 4. The van der Waals surface area contributed by atoms with Crippen LogP contribution >= 0.6 is 0 Å². The lowest BCUT2D eigenvalue weighted by Gasteiger charge is -2.15. The molecule has 0 aliphatic carbocycles. The fourth-order valence-corrected chi connectivity index (χ4v) is 4.70. The summed E-state index contributed by atoms with van der Waals surface area (Å²) in [5.41, 5.74) is 5.51. The summed E-state index contributed by atoms with van der Waals surface area (Å²) in [7, 11) is 1.93. The van der Waals surface area contributed by atoms with Gasteiger partial charge in [0.15, 0.2) is 5.88 Å². The van der Waals surface area contributed by atoms with Crippen LogP contribution in [-0.2, 0) is 11.8 Å². The van der Waals surface area contributed by atoms with Crippen molar-refractivity contribution in [3.63, 3.8) is 0 Å². The molecule has 0 saturated carbocycles. The highest BCUT2D eigenvalue weighted by Gasteiger charge is 2.22. The van der Waals surface area contributed by atoms with E-state index in [2.05, 4.69) is 9.97 Å². The molecule has 6 rings (SSSR count). The van der Waals surface area contributed by atoms with Gasteiger partial charge in [0.1, 0.15) is 5.82 Å². The Balaban J connectivity index is 1.51. The number of benzene rings is 3. The Kier molecular flexibility index (Phi) is 4.88. The van der Waals surface area contributed by atoms with Gasteiger partial charge in [0, 0.05) is 36.7 Å². The van der Waals surface area contributed by atoms with Crippen LogP contribution in [-0.4, -0.2) is 37.8 Å². The summed E-state index contributed by atoms with van der Waals surface area (Å²) in [4.78, 5) is 26.1. The van der Waals surface area contributed by atoms with Gasteiger partial charge in [-0.3, -0.25) is 4.79 Å². The summed E-state index contributed by atoms with van der Waals surface area (Å²) in [5, 5.41) is 11.5. The van der Waals surface area contributed by atoms with Crippen molar-refractivity contribution in [2.24, 2.45) is 12.0 Å². The Hall–Kier alpha value is -4.46. The highest BCUT2D eigenvalue weighted by molar-refractivity contribution is 6.22. The van der Waals surface area contributed by atoms with Crippen LogP contribution in [0.15, 0.2) is 72.0 Å². The number of anilines is 1. The van der Waals surface area contributed by atoms with Crippen molar-refractivity contribution in [3.8, 4) is 5.88 Å². The molecule has 1 aliphatic rings. The highest BCUT2D eigenvalue weighted by Crippen LogP contribution is 2.33. The SMILES string of the molecule is Cn1cnc2cc(C(=Nc3ccc(N4CCCC4=O)cc3)c3c(O)[nH]c4cc(F)ccc34)ccc21. The Bertz CT molecular complexity index is 1630. The summed E-state index contributed by atoms with van der Waals surface area (Å²) >= 11 is 0. The molecule has 3 aromatic carbocycles. The fourth-order valence-electron chi connectivity index (χ4n) is 4.70. The molecule has 0 bridgehead atoms. The molecular formula is C27H22FN5O2. The van der Waals surface area contributed by atoms with E-state index in [9.17, 15) is 14.3 Å². The molecule has 0 radical (unpaired) electrons. The van der Waals surface area contributed by atoms with E-state index in [0.29, 0.717) is 34.3 Å². The number of H-pyrrole nitrogens is 1. The number of hydrogen-bond donors (Lipinski definition) is 2. The number of aliphatic imine (C=N–C) groups is 1. The molecule has 1 fully saturated rings. The van der Waals surface area contributed by atoms with Gasteiger partial charge in [0.25, 0.3) is 0 Å². The average molecular weight is 468 g/mol. The number of aromatic hydroxyl groups is 1. The zero-order valence-electron chi connectivity index (χ0n) is 19.0. The Labute approximate surface area is 200 Å². The average Bonchev–Trinajstić information content (AvgIpc) is 3.54. The minimum absolute atomic E-state index is 0.0928. The van der Waals surface area contributed by atoms with Gasteiger partial charge < -0.3 is 19.6 Å². The molecule has 0 spiro atoms. The summed E-state index contributed by atoms with van der Waals surface area (Å²) in [6.07, 6.45) is 3.18. The number of hydrogen-bond acceptors (Lipinski definition) is 4. The van der Waals surface area contributed by atoms with Gasteiger partial charge in [-0.1, -0.05) is 6.07 Å². The van der Waals surface area contributed by atoms with Gasteiger partial charge in [-0.25, -0.2) is 14.4 Å². The van der Waals surface area contributed by atoms with Crippen LogP contribution in [0.5, 0.6) is 5.88 Å². The number of aryl methyl sites for hydroxylation is 1. The number of fused-ring (bicyclic) bond motifs is 2. The molecule has 1 saturated heterocycles. The van der Waals surface area contributed by atoms with Crippen LogP contribution in [0, 0.1) is 5.82 Å². The molecule has 7 nitrogen and oxygen atoms in total. The maximum atomic E-state index is 13.8. The van der Waals surface area contributed by atoms with Crippen molar-refractivity contribution in [1.82, 2.24) is 14.5 Å². The minimum Gasteiger partial charge on any atom is -0.494 e. The molecule has 8 heteroatoms. The monoisotopic (exact) mass is 467 g/mol. The number of halogens is 1. The molecule has 2 N–H and O–H groups in total. The van der Waals surface area contributed by atoms with Crippen molar-refractivity contribution in [2.45, 2.75) is 12.8 Å². The van der Waals surface area contributed by atoms with E-state index in [4.69, 9.17) is 4.99 Å². The van der Waals surface area contributed by atoms with E-state index >= 15 is 0 Å². The summed E-state index contributed by atoms with van der Waals surface area (Å²) in [5.74, 6) is -0.364. The summed E-state index contributed by atoms with van der Waals surface area (Å²) in [6, 6.07) is 17.6. The van der Waals surface area contributed by atoms with Crippen LogP contribution < -0.4 is 4.90 Å². The number of nitrogens with one attached hydrogen (secondary N) is 1. The van der Waals surface area contributed by atoms with E-state index in [0.717, 1.165) is 35.2 Å². The Morgan fingerprint density at radius 2 is 1.94 bits per heavy atom. The Morgan fingerprint density at radius 1 is 1.11 bits per heavy atom. The fraction of sp³-hybridized carbons (Fsp3) is 0.148. The number of amides is 1. The molecular weight excluding hydrogens is 445 g/mol. The molecule has 2 aromatic heterocycles. The summed E-state index contributed by atoms with van der Waals surface area (Å²) in [6.45, 7) is 0.719. The molecule has 35 heavy (non-hydrogen) atoms. The topological polar surface area (TPSA) is 86.5 Å². The van der Waals surface area contributed by atoms with Crippen molar-refractivity contribution in [3.05, 3.63) is 83.9 Å². The van der Waals surface area contributed by atoms with Crippen LogP contribution in [0.1, 0.15) is 24.0 Å². The number of rotatable bonds is 4. The van der Waals surface area contributed by atoms with Gasteiger partial charge in [-0.2, -0.15) is 0 Å².